The number of rotatable bonds is 6. The Hall–Kier alpha value is -2.93. The zero-order valence-corrected chi connectivity index (χ0v) is 15.5. The number of amides is 2. The summed E-state index contributed by atoms with van der Waals surface area (Å²) in [6.07, 6.45) is 0. The molecule has 0 fully saturated rings. The number of halogens is 2. The highest BCUT2D eigenvalue weighted by Gasteiger charge is 2.13. The molecule has 0 aliphatic carbocycles. The third kappa shape index (κ3) is 6.07. The third-order valence-electron chi connectivity index (χ3n) is 3.56. The Labute approximate surface area is 160 Å². The number of carbonyl (C=O) groups is 3. The minimum Gasteiger partial charge on any atom is -0.454 e. The van der Waals surface area contributed by atoms with E-state index in [2.05, 4.69) is 10.6 Å². The SMILES string of the molecule is Cc1cc(C)c(NC(=O)COC(=O)CNC(=O)c2ccc(F)cc2)c(Cl)c1. The van der Waals surface area contributed by atoms with Crippen LogP contribution in [0.3, 0.4) is 0 Å². The van der Waals surface area contributed by atoms with Gasteiger partial charge in [-0.05, 0) is 55.3 Å². The summed E-state index contributed by atoms with van der Waals surface area (Å²) in [7, 11) is 0. The molecule has 2 amide bonds. The van der Waals surface area contributed by atoms with Crippen molar-refractivity contribution in [2.24, 2.45) is 0 Å². The molecule has 2 aromatic rings. The van der Waals surface area contributed by atoms with E-state index in [0.29, 0.717) is 10.7 Å². The van der Waals surface area contributed by atoms with Gasteiger partial charge in [-0.3, -0.25) is 14.4 Å². The van der Waals surface area contributed by atoms with Crippen molar-refractivity contribution in [1.29, 1.82) is 0 Å². The summed E-state index contributed by atoms with van der Waals surface area (Å²) in [6, 6.07) is 8.42. The Morgan fingerprint density at radius 2 is 1.78 bits per heavy atom. The van der Waals surface area contributed by atoms with Crippen LogP contribution in [-0.4, -0.2) is 30.9 Å². The van der Waals surface area contributed by atoms with Crippen molar-refractivity contribution < 1.29 is 23.5 Å². The number of aryl methyl sites for hydroxylation is 2. The minimum atomic E-state index is -0.785. The van der Waals surface area contributed by atoms with Gasteiger partial charge in [-0.2, -0.15) is 0 Å². The Morgan fingerprint density at radius 1 is 1.11 bits per heavy atom. The van der Waals surface area contributed by atoms with Crippen molar-refractivity contribution in [2.75, 3.05) is 18.5 Å². The molecule has 0 aliphatic rings. The first-order valence-corrected chi connectivity index (χ1v) is 8.40. The predicted molar refractivity (Wildman–Crippen MR) is 99.2 cm³/mol. The van der Waals surface area contributed by atoms with Crippen molar-refractivity contribution >= 4 is 35.1 Å². The average Bonchev–Trinajstić information content (AvgIpc) is 2.61. The maximum Gasteiger partial charge on any atom is 0.325 e. The second kappa shape index (κ2) is 9.14. The Balaban J connectivity index is 1.79. The first-order valence-electron chi connectivity index (χ1n) is 8.02. The van der Waals surface area contributed by atoms with E-state index in [-0.39, 0.29) is 5.56 Å². The van der Waals surface area contributed by atoms with Gasteiger partial charge >= 0.3 is 5.97 Å². The lowest BCUT2D eigenvalue weighted by atomic mass is 10.1. The van der Waals surface area contributed by atoms with E-state index in [9.17, 15) is 18.8 Å². The summed E-state index contributed by atoms with van der Waals surface area (Å²) < 4.78 is 17.6. The van der Waals surface area contributed by atoms with Crippen LogP contribution < -0.4 is 10.6 Å². The summed E-state index contributed by atoms with van der Waals surface area (Å²) >= 11 is 6.10. The van der Waals surface area contributed by atoms with Gasteiger partial charge in [0.25, 0.3) is 11.8 Å². The van der Waals surface area contributed by atoms with Crippen LogP contribution in [0.5, 0.6) is 0 Å². The molecule has 2 N–H and O–H groups in total. The monoisotopic (exact) mass is 392 g/mol. The van der Waals surface area contributed by atoms with Crippen molar-refractivity contribution in [3.63, 3.8) is 0 Å². The predicted octanol–water partition coefficient (Wildman–Crippen LogP) is 3.01. The molecule has 0 saturated heterocycles. The maximum atomic E-state index is 12.8. The van der Waals surface area contributed by atoms with Crippen molar-refractivity contribution in [3.05, 3.63) is 63.9 Å². The molecule has 0 aliphatic heterocycles. The number of anilines is 1. The van der Waals surface area contributed by atoms with E-state index < -0.39 is 36.8 Å². The molecule has 0 bridgehead atoms. The van der Waals surface area contributed by atoms with Crippen LogP contribution in [0.15, 0.2) is 36.4 Å². The third-order valence-corrected chi connectivity index (χ3v) is 3.86. The van der Waals surface area contributed by atoms with Gasteiger partial charge in [0.2, 0.25) is 0 Å². The Kier molecular flexibility index (Phi) is 6.90. The Morgan fingerprint density at radius 3 is 2.41 bits per heavy atom. The Bertz CT molecular complexity index is 846. The van der Waals surface area contributed by atoms with Crippen LogP contribution in [-0.2, 0) is 14.3 Å². The highest BCUT2D eigenvalue weighted by atomic mass is 35.5. The summed E-state index contributed by atoms with van der Waals surface area (Å²) in [6.45, 7) is 2.74. The van der Waals surface area contributed by atoms with E-state index in [1.807, 2.05) is 13.0 Å². The van der Waals surface area contributed by atoms with Crippen LogP contribution in [0.25, 0.3) is 0 Å². The van der Waals surface area contributed by atoms with Gasteiger partial charge in [0, 0.05) is 5.56 Å². The lowest BCUT2D eigenvalue weighted by Crippen LogP contribution is -2.32. The van der Waals surface area contributed by atoms with Crippen LogP contribution in [0.2, 0.25) is 5.02 Å². The molecular formula is C19H18ClFN2O4. The number of hydrogen-bond donors (Lipinski definition) is 2. The number of benzene rings is 2. The van der Waals surface area contributed by atoms with Gasteiger partial charge in [-0.15, -0.1) is 0 Å². The molecule has 2 rings (SSSR count). The second-order valence-electron chi connectivity index (χ2n) is 5.84. The van der Waals surface area contributed by atoms with Crippen molar-refractivity contribution in [3.8, 4) is 0 Å². The molecule has 0 aromatic heterocycles. The summed E-state index contributed by atoms with van der Waals surface area (Å²) in [4.78, 5) is 35.4. The lowest BCUT2D eigenvalue weighted by molar-refractivity contribution is -0.146. The van der Waals surface area contributed by atoms with Crippen LogP contribution >= 0.6 is 11.6 Å². The fraction of sp³-hybridized carbons (Fsp3) is 0.211. The van der Waals surface area contributed by atoms with E-state index >= 15 is 0 Å². The van der Waals surface area contributed by atoms with E-state index in [4.69, 9.17) is 16.3 Å². The molecule has 8 heteroatoms. The number of ether oxygens (including phenoxy) is 1. The summed E-state index contributed by atoms with van der Waals surface area (Å²) in [5, 5.41) is 5.30. The molecule has 6 nitrogen and oxygen atoms in total. The minimum absolute atomic E-state index is 0.200. The van der Waals surface area contributed by atoms with E-state index in [0.717, 1.165) is 23.3 Å². The molecule has 2 aromatic carbocycles. The smallest absolute Gasteiger partial charge is 0.325 e. The molecule has 0 unspecified atom stereocenters. The van der Waals surface area contributed by atoms with E-state index in [1.165, 1.54) is 12.1 Å². The first-order chi connectivity index (χ1) is 12.8. The van der Waals surface area contributed by atoms with E-state index in [1.54, 1.807) is 13.0 Å². The average molecular weight is 393 g/mol. The first kappa shape index (κ1) is 20.4. The highest BCUT2D eigenvalue weighted by molar-refractivity contribution is 6.34. The van der Waals surface area contributed by atoms with Crippen molar-refractivity contribution in [1.82, 2.24) is 5.32 Å². The number of nitrogens with one attached hydrogen (secondary N) is 2. The highest BCUT2D eigenvalue weighted by Crippen LogP contribution is 2.27. The van der Waals surface area contributed by atoms with Gasteiger partial charge < -0.3 is 15.4 Å². The van der Waals surface area contributed by atoms with Gasteiger partial charge in [0.1, 0.15) is 12.4 Å². The molecule has 0 saturated carbocycles. The fourth-order valence-corrected chi connectivity index (χ4v) is 2.67. The quantitative estimate of drug-likeness (QED) is 0.740. The van der Waals surface area contributed by atoms with Crippen LogP contribution in [0.1, 0.15) is 21.5 Å². The maximum absolute atomic E-state index is 12.8. The molecule has 0 heterocycles. The zero-order valence-electron chi connectivity index (χ0n) is 14.8. The fourth-order valence-electron chi connectivity index (χ4n) is 2.30. The molecule has 27 heavy (non-hydrogen) atoms. The molecule has 0 spiro atoms. The van der Waals surface area contributed by atoms with Crippen LogP contribution in [0.4, 0.5) is 10.1 Å². The molecule has 142 valence electrons. The lowest BCUT2D eigenvalue weighted by Gasteiger charge is -2.12. The van der Waals surface area contributed by atoms with Gasteiger partial charge in [0.15, 0.2) is 6.61 Å². The zero-order chi connectivity index (χ0) is 20.0. The molecule has 0 atom stereocenters. The second-order valence-corrected chi connectivity index (χ2v) is 6.24. The normalized spacial score (nSPS) is 10.2. The molecule has 0 radical (unpaired) electrons. The number of carbonyl (C=O) groups excluding carboxylic acids is 3. The number of esters is 1. The molecular weight excluding hydrogens is 375 g/mol. The summed E-state index contributed by atoms with van der Waals surface area (Å²) in [5.74, 6) is -2.37. The van der Waals surface area contributed by atoms with Crippen LogP contribution in [0, 0.1) is 19.7 Å². The van der Waals surface area contributed by atoms with Gasteiger partial charge in [0.05, 0.1) is 10.7 Å². The van der Waals surface area contributed by atoms with Gasteiger partial charge in [-0.25, -0.2) is 4.39 Å². The largest absolute Gasteiger partial charge is 0.454 e. The topological polar surface area (TPSA) is 84.5 Å². The number of hydrogen-bond acceptors (Lipinski definition) is 4. The van der Waals surface area contributed by atoms with Gasteiger partial charge in [-0.1, -0.05) is 17.7 Å². The summed E-state index contributed by atoms with van der Waals surface area (Å²) in [5.41, 5.74) is 2.39. The van der Waals surface area contributed by atoms with Crippen molar-refractivity contribution in [2.45, 2.75) is 13.8 Å². The standard InChI is InChI=1S/C19H18ClFN2O4/c1-11-7-12(2)18(15(20)8-11)23-16(24)10-27-17(25)9-22-19(26)13-3-5-14(21)6-4-13/h3-8H,9-10H2,1-2H3,(H,22,26)(H,23,24).